The second-order valence-corrected chi connectivity index (χ2v) is 6.06. The molecular weight excluding hydrogens is 280 g/mol. The molecule has 0 saturated carbocycles. The van der Waals surface area contributed by atoms with Gasteiger partial charge < -0.3 is 10.1 Å². The molecule has 1 N–H and O–H groups in total. The standard InChI is InChI=1S/C16H20N4O2/c1-12-5-3-6-13(9-12)20-10-14(18-19-20)15(21)17-16(2)7-4-8-22-11-16/h3,5-6,9-10H,4,7-8,11H2,1-2H3,(H,17,21). The highest BCUT2D eigenvalue weighted by Crippen LogP contribution is 2.19. The van der Waals surface area contributed by atoms with Crippen LogP contribution < -0.4 is 5.32 Å². The van der Waals surface area contributed by atoms with Crippen molar-refractivity contribution in [1.82, 2.24) is 20.3 Å². The SMILES string of the molecule is Cc1cccc(-n2cc(C(=O)NC3(C)CCCOC3)nn2)c1. The van der Waals surface area contributed by atoms with E-state index in [1.165, 1.54) is 0 Å². The molecule has 0 bridgehead atoms. The van der Waals surface area contributed by atoms with E-state index in [0.717, 1.165) is 30.7 Å². The Balaban J connectivity index is 1.74. The number of ether oxygens (including phenoxy) is 1. The van der Waals surface area contributed by atoms with E-state index >= 15 is 0 Å². The third kappa shape index (κ3) is 3.17. The molecule has 1 unspecified atom stereocenters. The van der Waals surface area contributed by atoms with Crippen molar-refractivity contribution >= 4 is 5.91 Å². The molecule has 6 nitrogen and oxygen atoms in total. The summed E-state index contributed by atoms with van der Waals surface area (Å²) in [6, 6.07) is 7.89. The summed E-state index contributed by atoms with van der Waals surface area (Å²) in [6.07, 6.45) is 3.51. The van der Waals surface area contributed by atoms with Crippen LogP contribution in [0.2, 0.25) is 0 Å². The molecule has 116 valence electrons. The highest BCUT2D eigenvalue weighted by atomic mass is 16.5. The second kappa shape index (κ2) is 5.88. The molecule has 1 amide bonds. The zero-order valence-electron chi connectivity index (χ0n) is 12.9. The lowest BCUT2D eigenvalue weighted by Crippen LogP contribution is -2.51. The third-order valence-electron chi connectivity index (χ3n) is 3.85. The van der Waals surface area contributed by atoms with Crippen molar-refractivity contribution < 1.29 is 9.53 Å². The first kappa shape index (κ1) is 14.7. The Bertz CT molecular complexity index is 674. The summed E-state index contributed by atoms with van der Waals surface area (Å²) in [5, 5.41) is 11.0. The van der Waals surface area contributed by atoms with Crippen molar-refractivity contribution in [2.24, 2.45) is 0 Å². The number of nitrogens with zero attached hydrogens (tertiary/aromatic N) is 3. The summed E-state index contributed by atoms with van der Waals surface area (Å²) in [5.41, 5.74) is 2.00. The van der Waals surface area contributed by atoms with E-state index in [0.29, 0.717) is 12.3 Å². The highest BCUT2D eigenvalue weighted by molar-refractivity contribution is 5.92. The van der Waals surface area contributed by atoms with E-state index in [9.17, 15) is 4.79 Å². The van der Waals surface area contributed by atoms with E-state index in [4.69, 9.17) is 4.74 Å². The van der Waals surface area contributed by atoms with Gasteiger partial charge in [0.05, 0.1) is 24.0 Å². The van der Waals surface area contributed by atoms with Crippen molar-refractivity contribution in [3.05, 3.63) is 41.7 Å². The van der Waals surface area contributed by atoms with E-state index in [2.05, 4.69) is 15.6 Å². The maximum absolute atomic E-state index is 12.3. The van der Waals surface area contributed by atoms with Gasteiger partial charge in [0.2, 0.25) is 0 Å². The molecule has 6 heteroatoms. The van der Waals surface area contributed by atoms with E-state index < -0.39 is 0 Å². The number of amides is 1. The molecule has 1 fully saturated rings. The summed E-state index contributed by atoms with van der Waals surface area (Å²) in [6.45, 7) is 5.30. The molecule has 2 aromatic rings. The maximum atomic E-state index is 12.3. The van der Waals surface area contributed by atoms with Gasteiger partial charge in [0.25, 0.3) is 5.91 Å². The van der Waals surface area contributed by atoms with Crippen molar-refractivity contribution in [1.29, 1.82) is 0 Å². The Morgan fingerprint density at radius 3 is 3.05 bits per heavy atom. The zero-order valence-corrected chi connectivity index (χ0v) is 12.9. The lowest BCUT2D eigenvalue weighted by Gasteiger charge is -2.33. The topological polar surface area (TPSA) is 69.0 Å². The quantitative estimate of drug-likeness (QED) is 0.939. The van der Waals surface area contributed by atoms with Crippen LogP contribution in [0.1, 0.15) is 35.8 Å². The molecule has 1 atom stereocenters. The van der Waals surface area contributed by atoms with E-state index in [-0.39, 0.29) is 11.4 Å². The fraction of sp³-hybridized carbons (Fsp3) is 0.438. The van der Waals surface area contributed by atoms with Crippen molar-refractivity contribution in [3.63, 3.8) is 0 Å². The van der Waals surface area contributed by atoms with Crippen LogP contribution in [0.25, 0.3) is 5.69 Å². The number of hydrogen-bond donors (Lipinski definition) is 1. The van der Waals surface area contributed by atoms with Crippen LogP contribution in [-0.4, -0.2) is 39.7 Å². The predicted octanol–water partition coefficient (Wildman–Crippen LogP) is 1.87. The van der Waals surface area contributed by atoms with E-state index in [1.807, 2.05) is 38.1 Å². The lowest BCUT2D eigenvalue weighted by molar-refractivity contribution is 0.0271. The Labute approximate surface area is 129 Å². The fourth-order valence-electron chi connectivity index (χ4n) is 2.64. The van der Waals surface area contributed by atoms with Crippen LogP contribution in [0.4, 0.5) is 0 Å². The summed E-state index contributed by atoms with van der Waals surface area (Å²) < 4.78 is 7.07. The van der Waals surface area contributed by atoms with Crippen LogP contribution in [0, 0.1) is 6.92 Å². The van der Waals surface area contributed by atoms with Crippen LogP contribution in [0.3, 0.4) is 0 Å². The maximum Gasteiger partial charge on any atom is 0.273 e. The smallest absolute Gasteiger partial charge is 0.273 e. The first-order chi connectivity index (χ1) is 10.6. The number of aryl methyl sites for hydroxylation is 1. The summed E-state index contributed by atoms with van der Waals surface area (Å²) in [4.78, 5) is 12.3. The third-order valence-corrected chi connectivity index (χ3v) is 3.85. The van der Waals surface area contributed by atoms with E-state index in [1.54, 1.807) is 10.9 Å². The largest absolute Gasteiger partial charge is 0.379 e. The van der Waals surface area contributed by atoms with Crippen molar-refractivity contribution in [2.75, 3.05) is 13.2 Å². The van der Waals surface area contributed by atoms with Gasteiger partial charge in [-0.3, -0.25) is 4.79 Å². The Hall–Kier alpha value is -2.21. The van der Waals surface area contributed by atoms with Crippen LogP contribution in [0.5, 0.6) is 0 Å². The van der Waals surface area contributed by atoms with Gasteiger partial charge in [-0.15, -0.1) is 5.10 Å². The lowest BCUT2D eigenvalue weighted by atomic mass is 9.95. The number of hydrogen-bond acceptors (Lipinski definition) is 4. The van der Waals surface area contributed by atoms with Crippen molar-refractivity contribution in [3.8, 4) is 5.69 Å². The minimum atomic E-state index is -0.331. The first-order valence-corrected chi connectivity index (χ1v) is 7.45. The molecular formula is C16H20N4O2. The minimum absolute atomic E-state index is 0.216. The summed E-state index contributed by atoms with van der Waals surface area (Å²) >= 11 is 0. The van der Waals surface area contributed by atoms with Gasteiger partial charge in [0.1, 0.15) is 0 Å². The molecule has 22 heavy (non-hydrogen) atoms. The van der Waals surface area contributed by atoms with Gasteiger partial charge in [-0.25, -0.2) is 4.68 Å². The normalized spacial score (nSPS) is 21.5. The monoisotopic (exact) mass is 300 g/mol. The molecule has 2 heterocycles. The number of carbonyl (C=O) groups excluding carboxylic acids is 1. The summed E-state index contributed by atoms with van der Waals surface area (Å²) in [7, 11) is 0. The molecule has 0 aliphatic carbocycles. The average molecular weight is 300 g/mol. The van der Waals surface area contributed by atoms with Gasteiger partial charge in [-0.2, -0.15) is 0 Å². The number of nitrogens with one attached hydrogen (secondary N) is 1. The van der Waals surface area contributed by atoms with Gasteiger partial charge in [0.15, 0.2) is 5.69 Å². The predicted molar refractivity (Wildman–Crippen MR) is 82.0 cm³/mol. The Morgan fingerprint density at radius 2 is 2.32 bits per heavy atom. The second-order valence-electron chi connectivity index (χ2n) is 6.06. The van der Waals surface area contributed by atoms with Crippen molar-refractivity contribution in [2.45, 2.75) is 32.2 Å². The Morgan fingerprint density at radius 1 is 1.45 bits per heavy atom. The number of aromatic nitrogens is 3. The zero-order chi connectivity index (χ0) is 15.6. The van der Waals surface area contributed by atoms with Gasteiger partial charge in [-0.05, 0) is 44.4 Å². The number of carbonyl (C=O) groups is 1. The molecule has 1 aliphatic heterocycles. The molecule has 0 spiro atoms. The van der Waals surface area contributed by atoms with Crippen LogP contribution in [-0.2, 0) is 4.74 Å². The Kier molecular flexibility index (Phi) is 3.94. The average Bonchev–Trinajstić information content (AvgIpc) is 2.97. The van der Waals surface area contributed by atoms with Crippen LogP contribution >= 0.6 is 0 Å². The number of rotatable bonds is 3. The molecule has 1 aliphatic rings. The fourth-order valence-corrected chi connectivity index (χ4v) is 2.64. The number of benzene rings is 1. The van der Waals surface area contributed by atoms with Gasteiger partial charge >= 0.3 is 0 Å². The van der Waals surface area contributed by atoms with Crippen LogP contribution in [0.15, 0.2) is 30.5 Å². The highest BCUT2D eigenvalue weighted by Gasteiger charge is 2.30. The molecule has 0 radical (unpaired) electrons. The first-order valence-electron chi connectivity index (χ1n) is 7.45. The van der Waals surface area contributed by atoms with Gasteiger partial charge in [-0.1, -0.05) is 17.3 Å². The minimum Gasteiger partial charge on any atom is -0.379 e. The molecule has 1 aromatic heterocycles. The van der Waals surface area contributed by atoms with Gasteiger partial charge in [0, 0.05) is 6.61 Å². The molecule has 1 aromatic carbocycles. The summed E-state index contributed by atoms with van der Waals surface area (Å²) in [5.74, 6) is -0.216. The molecule has 3 rings (SSSR count). The molecule has 1 saturated heterocycles.